The van der Waals surface area contributed by atoms with Crippen LogP contribution in [0.25, 0.3) is 0 Å². The smallest absolute Gasteiger partial charge is 0.291 e. The third-order valence-electron chi connectivity index (χ3n) is 2.57. The highest BCUT2D eigenvalue weighted by Crippen LogP contribution is 2.29. The van der Waals surface area contributed by atoms with E-state index in [0.29, 0.717) is 5.69 Å². The molecule has 0 aliphatic rings. The molecule has 1 aromatic heterocycles. The summed E-state index contributed by atoms with van der Waals surface area (Å²) in [5.74, 6) is -1.44. The molecule has 114 valence electrons. The maximum absolute atomic E-state index is 11.8. The Hall–Kier alpha value is -2.94. The van der Waals surface area contributed by atoms with Crippen molar-refractivity contribution in [2.45, 2.75) is 6.92 Å². The quantitative estimate of drug-likeness (QED) is 0.493. The predicted octanol–water partition coefficient (Wildman–Crippen LogP) is 1.12. The molecule has 22 heavy (non-hydrogen) atoms. The number of H-pyrrole nitrogens is 1. The van der Waals surface area contributed by atoms with Crippen LogP contribution in [-0.2, 0) is 0 Å². The van der Waals surface area contributed by atoms with E-state index < -0.39 is 22.3 Å². The highest BCUT2D eigenvalue weighted by molar-refractivity contribution is 6.31. The van der Waals surface area contributed by atoms with Gasteiger partial charge in [-0.05, 0) is 30.4 Å². The zero-order valence-electron chi connectivity index (χ0n) is 11.2. The van der Waals surface area contributed by atoms with Gasteiger partial charge in [0.2, 0.25) is 0 Å². The Morgan fingerprint density at radius 3 is 2.82 bits per heavy atom. The number of hydrazone groups is 1. The highest BCUT2D eigenvalue weighted by Gasteiger charge is 2.12. The van der Waals surface area contributed by atoms with Gasteiger partial charge in [0.25, 0.3) is 11.6 Å². The molecule has 9 nitrogen and oxygen atoms in total. The molecule has 0 radical (unpaired) electrons. The van der Waals surface area contributed by atoms with Crippen LogP contribution in [0.3, 0.4) is 0 Å². The molecule has 0 aliphatic carbocycles. The van der Waals surface area contributed by atoms with Crippen molar-refractivity contribution in [1.82, 2.24) is 15.6 Å². The lowest BCUT2D eigenvalue weighted by molar-refractivity contribution is -0.398. The molecule has 0 saturated carbocycles. The summed E-state index contributed by atoms with van der Waals surface area (Å²) < 4.78 is 0. The van der Waals surface area contributed by atoms with Crippen molar-refractivity contribution in [2.75, 3.05) is 0 Å². The summed E-state index contributed by atoms with van der Waals surface area (Å²) in [4.78, 5) is 21.5. The molecule has 0 saturated heterocycles. The zero-order valence-corrected chi connectivity index (χ0v) is 11.9. The van der Waals surface area contributed by atoms with E-state index in [0.717, 1.165) is 12.3 Å². The first kappa shape index (κ1) is 15.4. The number of aromatic amines is 1. The van der Waals surface area contributed by atoms with Crippen LogP contribution in [0.15, 0.2) is 23.3 Å². The molecule has 1 amide bonds. The van der Waals surface area contributed by atoms with Crippen molar-refractivity contribution in [3.05, 3.63) is 50.3 Å². The molecule has 0 bridgehead atoms. The van der Waals surface area contributed by atoms with Crippen molar-refractivity contribution in [2.24, 2.45) is 5.10 Å². The van der Waals surface area contributed by atoms with Gasteiger partial charge < -0.3 is 5.11 Å². The molecule has 1 aromatic carbocycles. The SMILES string of the molecule is Cc1cc(C(=O)N/N=C\c2cc(Cl)cc([N+](=O)[O-])c2[O-])n[nH]1. The van der Waals surface area contributed by atoms with E-state index in [1.54, 1.807) is 6.92 Å². The van der Waals surface area contributed by atoms with Crippen LogP contribution in [0.1, 0.15) is 21.7 Å². The number of carbonyl (C=O) groups excluding carboxylic acids is 1. The first-order valence-corrected chi connectivity index (χ1v) is 6.26. The van der Waals surface area contributed by atoms with Gasteiger partial charge in [0.1, 0.15) is 0 Å². The molecule has 0 spiro atoms. The fourth-order valence-electron chi connectivity index (χ4n) is 1.58. The molecular formula is C12H9ClN5O4-. The third-order valence-corrected chi connectivity index (χ3v) is 2.79. The van der Waals surface area contributed by atoms with Gasteiger partial charge in [-0.1, -0.05) is 11.6 Å². The maximum atomic E-state index is 11.8. The zero-order chi connectivity index (χ0) is 16.3. The number of nitrogens with one attached hydrogen (secondary N) is 2. The van der Waals surface area contributed by atoms with Crippen LogP contribution in [-0.4, -0.2) is 27.2 Å². The van der Waals surface area contributed by atoms with E-state index in [1.807, 2.05) is 0 Å². The molecule has 2 aromatic rings. The Kier molecular flexibility index (Phi) is 4.37. The predicted molar refractivity (Wildman–Crippen MR) is 75.9 cm³/mol. The maximum Gasteiger partial charge on any atom is 0.291 e. The molecule has 0 atom stereocenters. The Labute approximate surface area is 128 Å². The second kappa shape index (κ2) is 6.22. The lowest BCUT2D eigenvalue weighted by Crippen LogP contribution is -2.18. The van der Waals surface area contributed by atoms with Gasteiger partial charge in [0, 0.05) is 16.8 Å². The molecule has 0 unspecified atom stereocenters. The molecule has 0 aliphatic heterocycles. The van der Waals surface area contributed by atoms with Crippen LogP contribution >= 0.6 is 11.6 Å². The van der Waals surface area contributed by atoms with Crippen LogP contribution in [0.4, 0.5) is 5.69 Å². The van der Waals surface area contributed by atoms with Crippen molar-refractivity contribution < 1.29 is 14.8 Å². The molecule has 1 heterocycles. The number of benzene rings is 1. The number of aryl methyl sites for hydroxylation is 1. The minimum atomic E-state index is -0.844. The molecule has 10 heteroatoms. The van der Waals surface area contributed by atoms with Crippen molar-refractivity contribution in [1.29, 1.82) is 0 Å². The van der Waals surface area contributed by atoms with E-state index in [2.05, 4.69) is 20.7 Å². The number of carbonyl (C=O) groups is 1. The first-order chi connectivity index (χ1) is 10.4. The van der Waals surface area contributed by atoms with Crippen molar-refractivity contribution >= 4 is 29.4 Å². The van der Waals surface area contributed by atoms with Gasteiger partial charge in [0.05, 0.1) is 11.1 Å². The fraction of sp³-hybridized carbons (Fsp3) is 0.0833. The van der Waals surface area contributed by atoms with E-state index in [1.165, 1.54) is 12.1 Å². The van der Waals surface area contributed by atoms with Gasteiger partial charge in [0.15, 0.2) is 5.69 Å². The minimum Gasteiger partial charge on any atom is -0.867 e. The lowest BCUT2D eigenvalue weighted by Gasteiger charge is -2.10. The number of amides is 1. The Morgan fingerprint density at radius 2 is 2.23 bits per heavy atom. The fourth-order valence-corrected chi connectivity index (χ4v) is 1.80. The number of halogens is 1. The second-order valence-electron chi connectivity index (χ2n) is 4.24. The molecule has 0 fully saturated rings. The van der Waals surface area contributed by atoms with Crippen LogP contribution in [0.2, 0.25) is 5.02 Å². The standard InChI is InChI=1S/C12H10ClN5O4/c1-6-2-9(16-15-6)12(20)17-14-5-7-3-8(13)4-10(11(7)19)18(21)22/h2-5,19H,1H3,(H,15,16)(H,17,20)/p-1/b14-5-. The highest BCUT2D eigenvalue weighted by atomic mass is 35.5. The number of aromatic nitrogens is 2. The van der Waals surface area contributed by atoms with E-state index in [9.17, 15) is 20.0 Å². The van der Waals surface area contributed by atoms with E-state index in [4.69, 9.17) is 11.6 Å². The van der Waals surface area contributed by atoms with E-state index in [-0.39, 0.29) is 16.3 Å². The Bertz CT molecular complexity index is 771. The molecule has 2 rings (SSSR count). The minimum absolute atomic E-state index is 0.0157. The summed E-state index contributed by atoms with van der Waals surface area (Å²) in [5, 5.41) is 32.4. The number of nitrogens with zero attached hydrogens (tertiary/aromatic N) is 3. The summed E-state index contributed by atoms with van der Waals surface area (Å²) in [7, 11) is 0. The summed E-state index contributed by atoms with van der Waals surface area (Å²) in [6.07, 6.45) is 0.985. The van der Waals surface area contributed by atoms with Gasteiger partial charge in [-0.2, -0.15) is 10.2 Å². The van der Waals surface area contributed by atoms with Crippen molar-refractivity contribution in [3.63, 3.8) is 0 Å². The normalized spacial score (nSPS) is 10.8. The largest absolute Gasteiger partial charge is 0.867 e. The second-order valence-corrected chi connectivity index (χ2v) is 4.67. The van der Waals surface area contributed by atoms with Gasteiger partial charge in [-0.25, -0.2) is 5.43 Å². The van der Waals surface area contributed by atoms with E-state index >= 15 is 0 Å². The lowest BCUT2D eigenvalue weighted by atomic mass is 10.2. The molecule has 2 N–H and O–H groups in total. The number of nitro groups is 1. The van der Waals surface area contributed by atoms with Crippen LogP contribution < -0.4 is 10.5 Å². The number of nitro benzene ring substituents is 1. The summed E-state index contributed by atoms with van der Waals surface area (Å²) in [6, 6.07) is 3.67. The number of hydrogen-bond donors (Lipinski definition) is 2. The Morgan fingerprint density at radius 1 is 1.50 bits per heavy atom. The van der Waals surface area contributed by atoms with Crippen LogP contribution in [0.5, 0.6) is 5.75 Å². The third kappa shape index (κ3) is 3.38. The number of hydrogen-bond acceptors (Lipinski definition) is 6. The topological polar surface area (TPSA) is 136 Å². The summed E-state index contributed by atoms with van der Waals surface area (Å²) in [6.45, 7) is 1.72. The van der Waals surface area contributed by atoms with Gasteiger partial charge >= 0.3 is 0 Å². The monoisotopic (exact) mass is 322 g/mol. The van der Waals surface area contributed by atoms with Crippen LogP contribution in [0, 0.1) is 17.0 Å². The summed E-state index contributed by atoms with van der Waals surface area (Å²) >= 11 is 5.70. The Balaban J connectivity index is 2.17. The van der Waals surface area contributed by atoms with Crippen molar-refractivity contribution in [3.8, 4) is 5.75 Å². The number of rotatable bonds is 4. The summed E-state index contributed by atoms with van der Waals surface area (Å²) in [5.41, 5.74) is 2.19. The first-order valence-electron chi connectivity index (χ1n) is 5.89. The van der Waals surface area contributed by atoms with Gasteiger partial charge in [-0.15, -0.1) is 0 Å². The average Bonchev–Trinajstić information content (AvgIpc) is 2.88. The molecular weight excluding hydrogens is 314 g/mol. The average molecular weight is 323 g/mol. The van der Waals surface area contributed by atoms with Gasteiger partial charge in [-0.3, -0.25) is 20.0 Å².